The zero-order valence-electron chi connectivity index (χ0n) is 12.8. The van der Waals surface area contributed by atoms with Crippen molar-refractivity contribution in [1.29, 1.82) is 0 Å². The second-order valence-corrected chi connectivity index (χ2v) is 5.54. The van der Waals surface area contributed by atoms with E-state index in [0.717, 1.165) is 22.7 Å². The van der Waals surface area contributed by atoms with Gasteiger partial charge in [-0.3, -0.25) is 0 Å². The summed E-state index contributed by atoms with van der Waals surface area (Å²) in [5, 5.41) is 7.01. The lowest BCUT2D eigenvalue weighted by atomic mass is 10.1. The highest BCUT2D eigenvalue weighted by molar-refractivity contribution is 7.80. The van der Waals surface area contributed by atoms with E-state index >= 15 is 0 Å². The van der Waals surface area contributed by atoms with Crippen LogP contribution in [0.5, 0.6) is 5.75 Å². The van der Waals surface area contributed by atoms with E-state index in [2.05, 4.69) is 42.7 Å². The fourth-order valence-corrected chi connectivity index (χ4v) is 2.46. The second kappa shape index (κ2) is 6.59. The van der Waals surface area contributed by atoms with Gasteiger partial charge in [0.25, 0.3) is 0 Å². The third kappa shape index (κ3) is 4.20. The molecule has 0 saturated heterocycles. The van der Waals surface area contributed by atoms with Crippen LogP contribution in [0.25, 0.3) is 0 Å². The SMILES string of the molecule is COc1ccc(NC(=S)Nc2cc(C)cc(C)c2)c(C)c1. The van der Waals surface area contributed by atoms with Gasteiger partial charge < -0.3 is 15.4 Å². The number of nitrogens with one attached hydrogen (secondary N) is 2. The highest BCUT2D eigenvalue weighted by atomic mass is 32.1. The van der Waals surface area contributed by atoms with Gasteiger partial charge in [0.15, 0.2) is 5.11 Å². The molecule has 21 heavy (non-hydrogen) atoms. The molecule has 0 aliphatic heterocycles. The minimum absolute atomic E-state index is 0.577. The first kappa shape index (κ1) is 15.3. The van der Waals surface area contributed by atoms with E-state index in [9.17, 15) is 0 Å². The summed E-state index contributed by atoms with van der Waals surface area (Å²) in [4.78, 5) is 0. The van der Waals surface area contributed by atoms with Crippen LogP contribution in [-0.4, -0.2) is 12.2 Å². The zero-order valence-corrected chi connectivity index (χ0v) is 13.6. The molecule has 110 valence electrons. The summed E-state index contributed by atoms with van der Waals surface area (Å²) in [7, 11) is 1.66. The van der Waals surface area contributed by atoms with E-state index in [1.807, 2.05) is 25.1 Å². The van der Waals surface area contributed by atoms with Crippen molar-refractivity contribution in [3.05, 3.63) is 53.1 Å². The summed E-state index contributed by atoms with van der Waals surface area (Å²) in [6.07, 6.45) is 0. The van der Waals surface area contributed by atoms with E-state index in [1.54, 1.807) is 7.11 Å². The van der Waals surface area contributed by atoms with Crippen LogP contribution >= 0.6 is 12.2 Å². The average molecular weight is 300 g/mol. The number of hydrogen-bond acceptors (Lipinski definition) is 2. The molecule has 0 fully saturated rings. The summed E-state index contributed by atoms with van der Waals surface area (Å²) in [6, 6.07) is 12.1. The summed E-state index contributed by atoms with van der Waals surface area (Å²) < 4.78 is 5.20. The van der Waals surface area contributed by atoms with Crippen molar-refractivity contribution in [2.24, 2.45) is 0 Å². The Bertz CT molecular complexity index is 648. The van der Waals surface area contributed by atoms with Crippen LogP contribution in [0.2, 0.25) is 0 Å². The van der Waals surface area contributed by atoms with Crippen molar-refractivity contribution in [2.45, 2.75) is 20.8 Å². The van der Waals surface area contributed by atoms with Gasteiger partial charge in [0, 0.05) is 11.4 Å². The molecule has 2 aromatic carbocycles. The number of benzene rings is 2. The van der Waals surface area contributed by atoms with Crippen molar-refractivity contribution in [1.82, 2.24) is 0 Å². The lowest BCUT2D eigenvalue weighted by Gasteiger charge is -2.14. The van der Waals surface area contributed by atoms with Crippen molar-refractivity contribution in [2.75, 3.05) is 17.7 Å². The van der Waals surface area contributed by atoms with E-state index in [-0.39, 0.29) is 0 Å². The number of anilines is 2. The summed E-state index contributed by atoms with van der Waals surface area (Å²) in [5.41, 5.74) is 5.47. The van der Waals surface area contributed by atoms with Crippen LogP contribution < -0.4 is 15.4 Å². The molecule has 4 heteroatoms. The molecular weight excluding hydrogens is 280 g/mol. The maximum atomic E-state index is 5.37. The number of aryl methyl sites for hydroxylation is 3. The van der Waals surface area contributed by atoms with Crippen LogP contribution in [0.3, 0.4) is 0 Å². The van der Waals surface area contributed by atoms with E-state index in [0.29, 0.717) is 5.11 Å². The molecule has 0 aliphatic rings. The fourth-order valence-electron chi connectivity index (χ4n) is 2.23. The Kier molecular flexibility index (Phi) is 4.81. The van der Waals surface area contributed by atoms with Gasteiger partial charge >= 0.3 is 0 Å². The molecule has 2 aromatic rings. The Labute approximate surface area is 131 Å². The van der Waals surface area contributed by atoms with Gasteiger partial charge in [-0.15, -0.1) is 0 Å². The molecule has 0 heterocycles. The van der Waals surface area contributed by atoms with Crippen molar-refractivity contribution in [3.8, 4) is 5.75 Å². The number of thiocarbonyl (C=S) groups is 1. The molecule has 0 unspecified atom stereocenters. The second-order valence-electron chi connectivity index (χ2n) is 5.14. The van der Waals surface area contributed by atoms with Crippen molar-refractivity contribution < 1.29 is 4.74 Å². The molecule has 0 aromatic heterocycles. The molecule has 0 radical (unpaired) electrons. The first-order chi connectivity index (χ1) is 9.97. The number of hydrogen-bond donors (Lipinski definition) is 2. The normalized spacial score (nSPS) is 10.1. The summed E-state index contributed by atoms with van der Waals surface area (Å²) >= 11 is 5.37. The molecule has 0 atom stereocenters. The molecule has 0 bridgehead atoms. The molecule has 0 saturated carbocycles. The van der Waals surface area contributed by atoms with Crippen LogP contribution in [0.15, 0.2) is 36.4 Å². The maximum absolute atomic E-state index is 5.37. The first-order valence-electron chi connectivity index (χ1n) is 6.79. The quantitative estimate of drug-likeness (QED) is 0.822. The van der Waals surface area contributed by atoms with Gasteiger partial charge in [-0.2, -0.15) is 0 Å². The Morgan fingerprint density at radius 1 is 0.952 bits per heavy atom. The minimum atomic E-state index is 0.577. The molecular formula is C17H20N2OS. The number of methoxy groups -OCH3 is 1. The van der Waals surface area contributed by atoms with Crippen LogP contribution in [0.4, 0.5) is 11.4 Å². The van der Waals surface area contributed by atoms with Gasteiger partial charge in [-0.25, -0.2) is 0 Å². The largest absolute Gasteiger partial charge is 0.497 e. The Hall–Kier alpha value is -2.07. The topological polar surface area (TPSA) is 33.3 Å². The summed E-state index contributed by atoms with van der Waals surface area (Å²) in [5.74, 6) is 0.839. The first-order valence-corrected chi connectivity index (χ1v) is 7.19. The van der Waals surface area contributed by atoms with Crippen LogP contribution in [0.1, 0.15) is 16.7 Å². The van der Waals surface area contributed by atoms with Gasteiger partial charge in [0.2, 0.25) is 0 Å². The predicted octanol–water partition coefficient (Wildman–Crippen LogP) is 4.43. The van der Waals surface area contributed by atoms with Gasteiger partial charge in [-0.05, 0) is 80.0 Å². The highest BCUT2D eigenvalue weighted by Gasteiger charge is 2.04. The third-order valence-electron chi connectivity index (χ3n) is 3.16. The standard InChI is InChI=1S/C17H20N2OS/c1-11-7-12(2)9-14(8-11)18-17(21)19-16-6-5-15(20-4)10-13(16)3/h5-10H,1-4H3,(H2,18,19,21). The Morgan fingerprint density at radius 2 is 1.62 bits per heavy atom. The maximum Gasteiger partial charge on any atom is 0.175 e. The minimum Gasteiger partial charge on any atom is -0.497 e. The van der Waals surface area contributed by atoms with E-state index in [4.69, 9.17) is 17.0 Å². The third-order valence-corrected chi connectivity index (χ3v) is 3.37. The van der Waals surface area contributed by atoms with Gasteiger partial charge in [-0.1, -0.05) is 6.07 Å². The molecule has 2 rings (SSSR count). The Morgan fingerprint density at radius 3 is 2.19 bits per heavy atom. The van der Waals surface area contributed by atoms with E-state index in [1.165, 1.54) is 11.1 Å². The molecule has 0 amide bonds. The lowest BCUT2D eigenvalue weighted by Crippen LogP contribution is -2.19. The molecule has 2 N–H and O–H groups in total. The van der Waals surface area contributed by atoms with Crippen LogP contribution in [0, 0.1) is 20.8 Å². The van der Waals surface area contributed by atoms with Crippen LogP contribution in [-0.2, 0) is 0 Å². The fraction of sp³-hybridized carbons (Fsp3) is 0.235. The van der Waals surface area contributed by atoms with Crippen molar-refractivity contribution in [3.63, 3.8) is 0 Å². The zero-order chi connectivity index (χ0) is 15.4. The van der Waals surface area contributed by atoms with Gasteiger partial charge in [0.1, 0.15) is 5.75 Å². The highest BCUT2D eigenvalue weighted by Crippen LogP contribution is 2.21. The lowest BCUT2D eigenvalue weighted by molar-refractivity contribution is 0.414. The van der Waals surface area contributed by atoms with Gasteiger partial charge in [0.05, 0.1) is 7.11 Å². The van der Waals surface area contributed by atoms with E-state index < -0.39 is 0 Å². The summed E-state index contributed by atoms with van der Waals surface area (Å²) in [6.45, 7) is 6.16. The molecule has 0 spiro atoms. The average Bonchev–Trinajstić information content (AvgIpc) is 2.39. The monoisotopic (exact) mass is 300 g/mol. The number of rotatable bonds is 3. The Balaban J connectivity index is 2.08. The van der Waals surface area contributed by atoms with Crippen molar-refractivity contribution >= 4 is 28.7 Å². The molecule has 0 aliphatic carbocycles. The smallest absolute Gasteiger partial charge is 0.175 e. The number of ether oxygens (including phenoxy) is 1. The molecule has 3 nitrogen and oxygen atoms in total. The predicted molar refractivity (Wildman–Crippen MR) is 93.5 cm³/mol.